The molecule has 2 aromatic heterocycles. The Bertz CT molecular complexity index is 782. The third kappa shape index (κ3) is 2.61. The maximum atomic E-state index is 12.1. The molecule has 0 atom stereocenters. The van der Waals surface area contributed by atoms with Crippen LogP contribution in [-0.2, 0) is 0 Å². The van der Waals surface area contributed by atoms with E-state index in [1.807, 2.05) is 24.5 Å². The average Bonchev–Trinajstić information content (AvgIpc) is 3.03. The largest absolute Gasteiger partial charge is 0.457 e. The molecule has 7 heteroatoms. The van der Waals surface area contributed by atoms with Crippen molar-refractivity contribution in [3.8, 4) is 0 Å². The van der Waals surface area contributed by atoms with Crippen molar-refractivity contribution >= 4 is 60.8 Å². The van der Waals surface area contributed by atoms with E-state index >= 15 is 0 Å². The summed E-state index contributed by atoms with van der Waals surface area (Å²) in [5, 5.41) is 2.85. The number of nitrogens with zero attached hydrogens (tertiary/aromatic N) is 1. The molecule has 0 spiro atoms. The van der Waals surface area contributed by atoms with Crippen molar-refractivity contribution in [2.45, 2.75) is 4.34 Å². The topological polar surface area (TPSA) is 55.1 Å². The number of benzene rings is 1. The molecule has 0 saturated carbocycles. The number of furan rings is 1. The van der Waals surface area contributed by atoms with Crippen molar-refractivity contribution in [2.24, 2.45) is 0 Å². The SMILES string of the molecule is CSc1nc2ccc(NC(=O)c3ccoc3Br)cc2s1. The van der Waals surface area contributed by atoms with Crippen LogP contribution in [0.25, 0.3) is 10.2 Å². The first kappa shape index (κ1) is 13.7. The lowest BCUT2D eigenvalue weighted by Gasteiger charge is -2.03. The van der Waals surface area contributed by atoms with Gasteiger partial charge in [-0.25, -0.2) is 4.98 Å². The summed E-state index contributed by atoms with van der Waals surface area (Å²) in [5.41, 5.74) is 2.16. The fraction of sp³-hybridized carbons (Fsp3) is 0.0769. The summed E-state index contributed by atoms with van der Waals surface area (Å²) in [6.07, 6.45) is 3.47. The molecule has 20 heavy (non-hydrogen) atoms. The van der Waals surface area contributed by atoms with Crippen molar-refractivity contribution < 1.29 is 9.21 Å². The number of nitrogens with one attached hydrogen (secondary N) is 1. The summed E-state index contributed by atoms with van der Waals surface area (Å²) in [4.78, 5) is 16.5. The highest BCUT2D eigenvalue weighted by molar-refractivity contribution is 9.10. The monoisotopic (exact) mass is 368 g/mol. The second-order valence-corrected chi connectivity index (χ2v) is 6.73. The number of amides is 1. The highest BCUT2D eigenvalue weighted by Gasteiger charge is 2.13. The first-order chi connectivity index (χ1) is 9.67. The number of carbonyl (C=O) groups excluding carboxylic acids is 1. The number of carbonyl (C=O) groups is 1. The molecule has 0 saturated heterocycles. The molecular formula is C13H9BrN2O2S2. The molecule has 0 aliphatic heterocycles. The Morgan fingerprint density at radius 3 is 3.00 bits per heavy atom. The molecule has 1 amide bonds. The minimum Gasteiger partial charge on any atom is -0.457 e. The Labute approximate surface area is 131 Å². The van der Waals surface area contributed by atoms with Crippen LogP contribution in [0.5, 0.6) is 0 Å². The van der Waals surface area contributed by atoms with E-state index in [0.29, 0.717) is 10.2 Å². The van der Waals surface area contributed by atoms with E-state index in [2.05, 4.69) is 26.2 Å². The number of hydrogen-bond acceptors (Lipinski definition) is 5. The molecule has 0 fully saturated rings. The highest BCUT2D eigenvalue weighted by Crippen LogP contribution is 2.30. The second-order valence-electron chi connectivity index (χ2n) is 3.93. The third-order valence-electron chi connectivity index (χ3n) is 2.66. The second kappa shape index (κ2) is 5.59. The Morgan fingerprint density at radius 2 is 2.30 bits per heavy atom. The molecule has 0 aliphatic carbocycles. The maximum Gasteiger partial charge on any atom is 0.260 e. The number of anilines is 1. The van der Waals surface area contributed by atoms with Crippen molar-refractivity contribution in [1.29, 1.82) is 0 Å². The van der Waals surface area contributed by atoms with Gasteiger partial charge in [-0.1, -0.05) is 11.8 Å². The normalized spacial score (nSPS) is 10.9. The van der Waals surface area contributed by atoms with Crippen LogP contribution in [0.3, 0.4) is 0 Å². The van der Waals surface area contributed by atoms with Gasteiger partial charge in [0.15, 0.2) is 9.01 Å². The third-order valence-corrected chi connectivity index (χ3v) is 5.28. The number of fused-ring (bicyclic) bond motifs is 1. The van der Waals surface area contributed by atoms with Gasteiger partial charge in [0.25, 0.3) is 5.91 Å². The number of halogens is 1. The smallest absolute Gasteiger partial charge is 0.260 e. The van der Waals surface area contributed by atoms with E-state index in [1.165, 1.54) is 6.26 Å². The van der Waals surface area contributed by atoms with Gasteiger partial charge in [-0.05, 0) is 46.5 Å². The van der Waals surface area contributed by atoms with Gasteiger partial charge in [-0.15, -0.1) is 11.3 Å². The average molecular weight is 369 g/mol. The van der Waals surface area contributed by atoms with Crippen molar-refractivity contribution in [3.63, 3.8) is 0 Å². The fourth-order valence-corrected chi connectivity index (χ4v) is 3.67. The van der Waals surface area contributed by atoms with E-state index in [0.717, 1.165) is 20.2 Å². The number of hydrogen-bond donors (Lipinski definition) is 1. The van der Waals surface area contributed by atoms with Gasteiger partial charge in [0, 0.05) is 5.69 Å². The highest BCUT2D eigenvalue weighted by atomic mass is 79.9. The molecule has 1 N–H and O–H groups in total. The maximum absolute atomic E-state index is 12.1. The van der Waals surface area contributed by atoms with Gasteiger partial charge >= 0.3 is 0 Å². The molecule has 0 aliphatic rings. The zero-order chi connectivity index (χ0) is 14.1. The number of thiazole rings is 1. The minimum atomic E-state index is -0.209. The molecule has 1 aromatic carbocycles. The molecule has 102 valence electrons. The van der Waals surface area contributed by atoms with Crippen LogP contribution >= 0.6 is 39.0 Å². The van der Waals surface area contributed by atoms with Gasteiger partial charge in [0.05, 0.1) is 22.0 Å². The Morgan fingerprint density at radius 1 is 1.45 bits per heavy atom. The van der Waals surface area contributed by atoms with Crippen LogP contribution in [0, 0.1) is 0 Å². The Hall–Kier alpha value is -1.31. The van der Waals surface area contributed by atoms with Crippen LogP contribution < -0.4 is 5.32 Å². The Kier molecular flexibility index (Phi) is 3.82. The molecule has 0 bridgehead atoms. The lowest BCUT2D eigenvalue weighted by molar-refractivity contribution is 0.102. The van der Waals surface area contributed by atoms with E-state index in [-0.39, 0.29) is 5.91 Å². The van der Waals surface area contributed by atoms with E-state index in [1.54, 1.807) is 29.2 Å². The molecule has 0 radical (unpaired) electrons. The number of rotatable bonds is 3. The molecule has 0 unspecified atom stereocenters. The number of aromatic nitrogens is 1. The van der Waals surface area contributed by atoms with Gasteiger partial charge in [0.1, 0.15) is 0 Å². The van der Waals surface area contributed by atoms with E-state index in [4.69, 9.17) is 4.42 Å². The Balaban J connectivity index is 1.87. The van der Waals surface area contributed by atoms with Gasteiger partial charge in [-0.3, -0.25) is 4.79 Å². The van der Waals surface area contributed by atoms with Crippen LogP contribution in [-0.4, -0.2) is 17.1 Å². The molecule has 3 rings (SSSR count). The first-order valence-corrected chi connectivity index (χ1v) is 8.50. The summed E-state index contributed by atoms with van der Waals surface area (Å²) < 4.78 is 7.55. The van der Waals surface area contributed by atoms with Crippen molar-refractivity contribution in [3.05, 3.63) is 40.8 Å². The quantitative estimate of drug-likeness (QED) is 0.684. The summed E-state index contributed by atoms with van der Waals surface area (Å²) >= 11 is 6.42. The zero-order valence-electron chi connectivity index (χ0n) is 10.3. The van der Waals surface area contributed by atoms with Crippen LogP contribution in [0.1, 0.15) is 10.4 Å². The van der Waals surface area contributed by atoms with E-state index < -0.39 is 0 Å². The lowest BCUT2D eigenvalue weighted by atomic mass is 10.2. The summed E-state index contributed by atoms with van der Waals surface area (Å²) in [6.45, 7) is 0. The van der Waals surface area contributed by atoms with Gasteiger partial charge in [-0.2, -0.15) is 0 Å². The van der Waals surface area contributed by atoms with Gasteiger partial charge < -0.3 is 9.73 Å². The molecule has 2 heterocycles. The molecule has 3 aromatic rings. The van der Waals surface area contributed by atoms with Crippen LogP contribution in [0.15, 0.2) is 44.0 Å². The summed E-state index contributed by atoms with van der Waals surface area (Å²) in [5.74, 6) is -0.209. The van der Waals surface area contributed by atoms with Crippen molar-refractivity contribution in [2.75, 3.05) is 11.6 Å². The van der Waals surface area contributed by atoms with E-state index in [9.17, 15) is 4.79 Å². The molecule has 4 nitrogen and oxygen atoms in total. The predicted molar refractivity (Wildman–Crippen MR) is 85.8 cm³/mol. The summed E-state index contributed by atoms with van der Waals surface area (Å²) in [6, 6.07) is 7.30. The number of thioether (sulfide) groups is 1. The van der Waals surface area contributed by atoms with Crippen LogP contribution in [0.2, 0.25) is 0 Å². The minimum absolute atomic E-state index is 0.209. The van der Waals surface area contributed by atoms with Crippen molar-refractivity contribution in [1.82, 2.24) is 4.98 Å². The van der Waals surface area contributed by atoms with Crippen LogP contribution in [0.4, 0.5) is 5.69 Å². The van der Waals surface area contributed by atoms with Gasteiger partial charge in [0.2, 0.25) is 0 Å². The lowest BCUT2D eigenvalue weighted by Crippen LogP contribution is -2.11. The standard InChI is InChI=1S/C13H9BrN2O2S2/c1-19-13-16-9-3-2-7(6-10(9)20-13)15-12(17)8-4-5-18-11(8)14/h2-6H,1H3,(H,15,17). The first-order valence-electron chi connectivity index (χ1n) is 5.66. The zero-order valence-corrected chi connectivity index (χ0v) is 13.6. The fourth-order valence-electron chi connectivity index (χ4n) is 1.72. The summed E-state index contributed by atoms with van der Waals surface area (Å²) in [7, 11) is 0. The molecular weight excluding hydrogens is 360 g/mol. The predicted octanol–water partition coefficient (Wildman–Crippen LogP) is 4.63.